The molecule has 0 spiro atoms. The molecule has 1 aromatic heterocycles. The van der Waals surface area contributed by atoms with Crippen molar-refractivity contribution in [2.24, 2.45) is 0 Å². The third kappa shape index (κ3) is 2.93. The molecule has 0 radical (unpaired) electrons. The molecule has 2 heterocycles. The average Bonchev–Trinajstić information content (AvgIpc) is 2.94. The van der Waals surface area contributed by atoms with E-state index in [0.717, 1.165) is 9.78 Å². The predicted molar refractivity (Wildman–Crippen MR) is 70.6 cm³/mol. The van der Waals surface area contributed by atoms with Crippen LogP contribution in [0.1, 0.15) is 17.8 Å². The topological polar surface area (TPSA) is 69.7 Å². The van der Waals surface area contributed by atoms with Crippen LogP contribution in [-0.2, 0) is 9.59 Å². The van der Waals surface area contributed by atoms with Crippen molar-refractivity contribution in [2.75, 3.05) is 20.1 Å². The Morgan fingerprint density at radius 2 is 2.26 bits per heavy atom. The minimum Gasteiger partial charge on any atom is -0.347 e. The highest BCUT2D eigenvalue weighted by atomic mass is 32.1. The van der Waals surface area contributed by atoms with Crippen molar-refractivity contribution < 1.29 is 14.4 Å². The van der Waals surface area contributed by atoms with Crippen molar-refractivity contribution in [3.63, 3.8) is 0 Å². The summed E-state index contributed by atoms with van der Waals surface area (Å²) < 4.78 is 0. The molecule has 2 rings (SSSR count). The van der Waals surface area contributed by atoms with Gasteiger partial charge >= 0.3 is 6.03 Å². The Hall–Kier alpha value is -1.89. The number of hydrogen-bond acceptors (Lipinski definition) is 4. The normalized spacial score (nSPS) is 16.9. The van der Waals surface area contributed by atoms with Crippen LogP contribution in [0.2, 0.25) is 0 Å². The second-order valence-corrected chi connectivity index (χ2v) is 5.40. The van der Waals surface area contributed by atoms with Gasteiger partial charge in [-0.3, -0.25) is 14.5 Å². The van der Waals surface area contributed by atoms with Crippen LogP contribution < -0.4 is 5.32 Å². The van der Waals surface area contributed by atoms with Gasteiger partial charge in [-0.1, -0.05) is 6.07 Å². The second kappa shape index (κ2) is 5.40. The van der Waals surface area contributed by atoms with Crippen LogP contribution in [0.4, 0.5) is 4.79 Å². The molecule has 19 heavy (non-hydrogen) atoms. The van der Waals surface area contributed by atoms with Crippen LogP contribution in [0.25, 0.3) is 0 Å². The standard InChI is InChI=1S/C12H15N3O3S/c1-8(9-4-3-5-19-9)13-10(16)6-15-11(17)7-14(2)12(15)18/h3-5,8H,6-7H2,1-2H3,(H,13,16). The molecular weight excluding hydrogens is 266 g/mol. The van der Waals surface area contributed by atoms with Gasteiger partial charge < -0.3 is 10.2 Å². The van der Waals surface area contributed by atoms with Crippen LogP contribution in [0, 0.1) is 0 Å². The zero-order valence-corrected chi connectivity index (χ0v) is 11.6. The molecule has 1 aromatic rings. The molecular formula is C12H15N3O3S. The Bertz CT molecular complexity index is 500. The first-order valence-corrected chi connectivity index (χ1v) is 6.75. The van der Waals surface area contributed by atoms with Gasteiger partial charge in [-0.15, -0.1) is 11.3 Å². The number of carbonyl (C=O) groups is 3. The summed E-state index contributed by atoms with van der Waals surface area (Å²) in [6.45, 7) is 1.67. The molecule has 1 unspecified atom stereocenters. The Morgan fingerprint density at radius 1 is 1.53 bits per heavy atom. The molecule has 1 aliphatic rings. The zero-order chi connectivity index (χ0) is 14.0. The number of nitrogens with one attached hydrogen (secondary N) is 1. The minimum absolute atomic E-state index is 0.0343. The number of carbonyl (C=O) groups excluding carboxylic acids is 3. The predicted octanol–water partition coefficient (Wildman–Crippen LogP) is 0.819. The van der Waals surface area contributed by atoms with Gasteiger partial charge in [0.15, 0.2) is 0 Å². The molecule has 0 saturated carbocycles. The Morgan fingerprint density at radius 3 is 2.79 bits per heavy atom. The minimum atomic E-state index is -0.427. The lowest BCUT2D eigenvalue weighted by Gasteiger charge is -2.16. The maximum absolute atomic E-state index is 11.8. The number of likely N-dealkylation sites (N-methyl/N-ethyl adjacent to an activating group) is 1. The van der Waals surface area contributed by atoms with Crippen molar-refractivity contribution in [1.82, 2.24) is 15.1 Å². The fourth-order valence-corrected chi connectivity index (χ4v) is 2.60. The summed E-state index contributed by atoms with van der Waals surface area (Å²) in [4.78, 5) is 38.3. The van der Waals surface area contributed by atoms with Crippen LogP contribution in [0.15, 0.2) is 17.5 Å². The van der Waals surface area contributed by atoms with Crippen molar-refractivity contribution in [2.45, 2.75) is 13.0 Å². The second-order valence-electron chi connectivity index (χ2n) is 4.42. The highest BCUT2D eigenvalue weighted by Crippen LogP contribution is 2.18. The van der Waals surface area contributed by atoms with Gasteiger partial charge in [0.25, 0.3) is 5.91 Å². The summed E-state index contributed by atoms with van der Waals surface area (Å²) in [6, 6.07) is 3.28. The van der Waals surface area contributed by atoms with Gasteiger partial charge in [-0.05, 0) is 18.4 Å². The molecule has 102 valence electrons. The van der Waals surface area contributed by atoms with E-state index in [4.69, 9.17) is 0 Å². The van der Waals surface area contributed by atoms with Crippen LogP contribution in [-0.4, -0.2) is 47.8 Å². The molecule has 4 amide bonds. The van der Waals surface area contributed by atoms with Gasteiger partial charge in [0.1, 0.15) is 13.1 Å². The molecule has 1 atom stereocenters. The first-order valence-electron chi connectivity index (χ1n) is 5.87. The van der Waals surface area contributed by atoms with Crippen molar-refractivity contribution in [3.05, 3.63) is 22.4 Å². The van der Waals surface area contributed by atoms with Crippen molar-refractivity contribution in [3.8, 4) is 0 Å². The third-order valence-electron chi connectivity index (χ3n) is 2.88. The largest absolute Gasteiger partial charge is 0.347 e. The van der Waals surface area contributed by atoms with Crippen LogP contribution >= 0.6 is 11.3 Å². The van der Waals surface area contributed by atoms with Gasteiger partial charge in [-0.2, -0.15) is 0 Å². The maximum atomic E-state index is 11.8. The smallest absolute Gasteiger partial charge is 0.327 e. The van der Waals surface area contributed by atoms with E-state index in [1.54, 1.807) is 11.3 Å². The van der Waals surface area contributed by atoms with E-state index >= 15 is 0 Å². The molecule has 1 N–H and O–H groups in total. The van der Waals surface area contributed by atoms with Gasteiger partial charge in [0.05, 0.1) is 6.04 Å². The van der Waals surface area contributed by atoms with Crippen molar-refractivity contribution in [1.29, 1.82) is 0 Å². The molecule has 6 nitrogen and oxygen atoms in total. The summed E-state index contributed by atoms with van der Waals surface area (Å²) >= 11 is 1.55. The number of nitrogens with zero attached hydrogens (tertiary/aromatic N) is 2. The molecule has 0 aromatic carbocycles. The SMILES string of the molecule is CC(NC(=O)CN1C(=O)CN(C)C1=O)c1cccs1. The lowest BCUT2D eigenvalue weighted by Crippen LogP contribution is -2.41. The van der Waals surface area contributed by atoms with E-state index in [2.05, 4.69) is 5.32 Å². The fourth-order valence-electron chi connectivity index (χ4n) is 1.86. The number of amides is 4. The summed E-state index contributed by atoms with van der Waals surface area (Å²) in [6.07, 6.45) is 0. The maximum Gasteiger partial charge on any atom is 0.327 e. The number of urea groups is 1. The van der Waals surface area contributed by atoms with Gasteiger partial charge in [0.2, 0.25) is 5.91 Å². The van der Waals surface area contributed by atoms with E-state index < -0.39 is 6.03 Å². The van der Waals surface area contributed by atoms with E-state index in [1.165, 1.54) is 11.9 Å². The molecule has 1 fully saturated rings. The van der Waals surface area contributed by atoms with Crippen molar-refractivity contribution >= 4 is 29.2 Å². The first kappa shape index (κ1) is 13.5. The molecule has 0 aliphatic carbocycles. The van der Waals surface area contributed by atoms with Crippen LogP contribution in [0.5, 0.6) is 0 Å². The van der Waals surface area contributed by atoms with Crippen LogP contribution in [0.3, 0.4) is 0 Å². The van der Waals surface area contributed by atoms with Gasteiger partial charge in [0, 0.05) is 11.9 Å². The highest BCUT2D eigenvalue weighted by Gasteiger charge is 2.34. The first-order chi connectivity index (χ1) is 8.99. The van der Waals surface area contributed by atoms with E-state index in [-0.39, 0.29) is 30.9 Å². The third-order valence-corrected chi connectivity index (χ3v) is 3.94. The summed E-state index contributed by atoms with van der Waals surface area (Å²) in [7, 11) is 1.53. The van der Waals surface area contributed by atoms with E-state index in [1.807, 2.05) is 24.4 Å². The zero-order valence-electron chi connectivity index (χ0n) is 10.8. The van der Waals surface area contributed by atoms with E-state index in [9.17, 15) is 14.4 Å². The summed E-state index contributed by atoms with van der Waals surface area (Å²) in [5.41, 5.74) is 0. The molecule has 1 saturated heterocycles. The number of rotatable bonds is 4. The van der Waals surface area contributed by atoms with Gasteiger partial charge in [-0.25, -0.2) is 4.79 Å². The molecule has 7 heteroatoms. The fraction of sp³-hybridized carbons (Fsp3) is 0.417. The number of hydrogen-bond donors (Lipinski definition) is 1. The lowest BCUT2D eigenvalue weighted by molar-refractivity contribution is -0.131. The molecule has 1 aliphatic heterocycles. The number of thiophene rings is 1. The highest BCUT2D eigenvalue weighted by molar-refractivity contribution is 7.10. The monoisotopic (exact) mass is 281 g/mol. The quantitative estimate of drug-likeness (QED) is 0.831. The van der Waals surface area contributed by atoms with E-state index in [0.29, 0.717) is 0 Å². The lowest BCUT2D eigenvalue weighted by atomic mass is 10.2. The Balaban J connectivity index is 1.91. The average molecular weight is 281 g/mol. The Labute approximate surface area is 115 Å². The summed E-state index contributed by atoms with van der Waals surface area (Å²) in [5.74, 6) is -0.677. The number of imide groups is 1. The summed E-state index contributed by atoms with van der Waals surface area (Å²) in [5, 5.41) is 4.70. The molecule has 0 bridgehead atoms. The Kier molecular flexibility index (Phi) is 3.84.